The summed E-state index contributed by atoms with van der Waals surface area (Å²) in [4.78, 5) is 16.7. The second-order valence-electron chi connectivity index (χ2n) is 6.95. The molecular formula is C22H28ClN3O3. The highest BCUT2D eigenvalue weighted by molar-refractivity contribution is 6.30. The van der Waals surface area contributed by atoms with Crippen LogP contribution in [0, 0.1) is 0 Å². The maximum atomic E-state index is 11.9. The third-order valence-electron chi connectivity index (χ3n) is 4.96. The van der Waals surface area contributed by atoms with E-state index in [0.29, 0.717) is 17.3 Å². The van der Waals surface area contributed by atoms with E-state index in [1.54, 1.807) is 31.4 Å². The average molecular weight is 418 g/mol. The quantitative estimate of drug-likeness (QED) is 0.635. The predicted molar refractivity (Wildman–Crippen MR) is 116 cm³/mol. The zero-order chi connectivity index (χ0) is 20.5. The van der Waals surface area contributed by atoms with Gasteiger partial charge in [0.2, 0.25) is 0 Å². The summed E-state index contributed by atoms with van der Waals surface area (Å²) in [5.74, 6) is 1.45. The molecule has 2 aromatic carbocycles. The number of halogens is 1. The Morgan fingerprint density at radius 1 is 1.07 bits per heavy atom. The van der Waals surface area contributed by atoms with E-state index < -0.39 is 0 Å². The Labute approximate surface area is 177 Å². The van der Waals surface area contributed by atoms with E-state index in [1.165, 1.54) is 0 Å². The monoisotopic (exact) mass is 417 g/mol. The van der Waals surface area contributed by atoms with Crippen LogP contribution in [0.3, 0.4) is 0 Å². The fraction of sp³-hybridized carbons (Fsp3) is 0.409. The lowest BCUT2D eigenvalue weighted by Crippen LogP contribution is -2.47. The Kier molecular flexibility index (Phi) is 8.02. The van der Waals surface area contributed by atoms with Crippen LogP contribution in [0.4, 0.5) is 5.69 Å². The summed E-state index contributed by atoms with van der Waals surface area (Å²) in [6.07, 6.45) is 0.918. The molecule has 6 nitrogen and oxygen atoms in total. The van der Waals surface area contributed by atoms with Gasteiger partial charge in [0.25, 0.3) is 5.91 Å². The number of hydrogen-bond acceptors (Lipinski definition) is 5. The summed E-state index contributed by atoms with van der Waals surface area (Å²) >= 11 is 5.83. The number of benzene rings is 2. The zero-order valence-electron chi connectivity index (χ0n) is 16.8. The molecule has 0 bridgehead atoms. The lowest BCUT2D eigenvalue weighted by atomic mass is 10.2. The Hall–Kier alpha value is -2.44. The highest BCUT2D eigenvalue weighted by atomic mass is 35.5. The van der Waals surface area contributed by atoms with Crippen LogP contribution < -0.4 is 19.7 Å². The minimum atomic E-state index is -0.110. The number of carbonyl (C=O) groups is 1. The molecule has 0 saturated carbocycles. The van der Waals surface area contributed by atoms with E-state index in [4.69, 9.17) is 21.1 Å². The van der Waals surface area contributed by atoms with Crippen molar-refractivity contribution in [1.29, 1.82) is 0 Å². The van der Waals surface area contributed by atoms with Gasteiger partial charge in [0.1, 0.15) is 11.5 Å². The molecule has 2 aromatic rings. The van der Waals surface area contributed by atoms with E-state index >= 15 is 0 Å². The molecule has 1 saturated heterocycles. The first-order chi connectivity index (χ1) is 14.2. The van der Waals surface area contributed by atoms with Gasteiger partial charge in [0.15, 0.2) is 6.61 Å². The molecule has 0 radical (unpaired) electrons. The van der Waals surface area contributed by atoms with Crippen LogP contribution >= 0.6 is 11.6 Å². The maximum Gasteiger partial charge on any atom is 0.257 e. The van der Waals surface area contributed by atoms with Crippen LogP contribution in [0.2, 0.25) is 5.02 Å². The number of rotatable bonds is 9. The number of ether oxygens (including phenoxy) is 2. The number of nitrogens with one attached hydrogen (secondary N) is 1. The predicted octanol–water partition coefficient (Wildman–Crippen LogP) is 3.06. The zero-order valence-corrected chi connectivity index (χ0v) is 17.5. The van der Waals surface area contributed by atoms with Gasteiger partial charge in [0.05, 0.1) is 12.8 Å². The molecule has 1 aliphatic rings. The Bertz CT molecular complexity index is 777. The van der Waals surface area contributed by atoms with Crippen molar-refractivity contribution >= 4 is 23.2 Å². The summed E-state index contributed by atoms with van der Waals surface area (Å²) in [6, 6.07) is 15.1. The minimum absolute atomic E-state index is 0.0131. The Balaban J connectivity index is 1.29. The van der Waals surface area contributed by atoms with Gasteiger partial charge in [-0.15, -0.1) is 0 Å². The Morgan fingerprint density at radius 2 is 1.79 bits per heavy atom. The van der Waals surface area contributed by atoms with Crippen LogP contribution in [0.25, 0.3) is 0 Å². The highest BCUT2D eigenvalue weighted by Crippen LogP contribution is 2.28. The number of methoxy groups -OCH3 is 1. The van der Waals surface area contributed by atoms with Crippen molar-refractivity contribution in [3.63, 3.8) is 0 Å². The molecule has 1 heterocycles. The number of carbonyl (C=O) groups excluding carboxylic acids is 1. The molecule has 0 aliphatic carbocycles. The van der Waals surface area contributed by atoms with Gasteiger partial charge in [-0.1, -0.05) is 23.7 Å². The van der Waals surface area contributed by atoms with Crippen LogP contribution in [0.1, 0.15) is 6.42 Å². The smallest absolute Gasteiger partial charge is 0.257 e. The molecule has 1 amide bonds. The normalized spacial score (nSPS) is 14.5. The molecule has 3 rings (SSSR count). The Morgan fingerprint density at radius 3 is 2.52 bits per heavy atom. The summed E-state index contributed by atoms with van der Waals surface area (Å²) in [5.41, 5.74) is 1.16. The van der Waals surface area contributed by atoms with Crippen molar-refractivity contribution in [2.24, 2.45) is 0 Å². The third-order valence-corrected chi connectivity index (χ3v) is 5.21. The van der Waals surface area contributed by atoms with E-state index in [1.807, 2.05) is 18.2 Å². The van der Waals surface area contributed by atoms with Crippen LogP contribution in [0.5, 0.6) is 11.5 Å². The van der Waals surface area contributed by atoms with Gasteiger partial charge < -0.3 is 19.7 Å². The minimum Gasteiger partial charge on any atom is -0.495 e. The summed E-state index contributed by atoms with van der Waals surface area (Å²) in [7, 11) is 1.71. The SMILES string of the molecule is COc1ccccc1N1CCN(CCCNC(=O)COc2ccc(Cl)cc2)CC1. The van der Waals surface area contributed by atoms with Crippen molar-refractivity contribution in [1.82, 2.24) is 10.2 Å². The van der Waals surface area contributed by atoms with Crippen molar-refractivity contribution in [2.75, 3.05) is 57.9 Å². The van der Waals surface area contributed by atoms with Gasteiger partial charge >= 0.3 is 0 Å². The van der Waals surface area contributed by atoms with Gasteiger partial charge in [-0.05, 0) is 49.4 Å². The van der Waals surface area contributed by atoms with Crippen molar-refractivity contribution in [2.45, 2.75) is 6.42 Å². The summed E-state index contributed by atoms with van der Waals surface area (Å²) < 4.78 is 10.9. The number of amides is 1. The first kappa shape index (κ1) is 21.3. The van der Waals surface area contributed by atoms with Crippen LogP contribution in [0.15, 0.2) is 48.5 Å². The van der Waals surface area contributed by atoms with E-state index in [9.17, 15) is 4.79 Å². The van der Waals surface area contributed by atoms with E-state index in [-0.39, 0.29) is 12.5 Å². The lowest BCUT2D eigenvalue weighted by molar-refractivity contribution is -0.123. The molecule has 0 spiro atoms. The van der Waals surface area contributed by atoms with Crippen molar-refractivity contribution in [3.05, 3.63) is 53.6 Å². The number of hydrogen-bond donors (Lipinski definition) is 1. The summed E-state index contributed by atoms with van der Waals surface area (Å²) in [5, 5.41) is 3.55. The molecule has 7 heteroatoms. The van der Waals surface area contributed by atoms with E-state index in [0.717, 1.165) is 50.6 Å². The fourth-order valence-corrected chi connectivity index (χ4v) is 3.49. The highest BCUT2D eigenvalue weighted by Gasteiger charge is 2.19. The molecule has 0 unspecified atom stereocenters. The molecule has 1 N–H and O–H groups in total. The topological polar surface area (TPSA) is 54.0 Å². The first-order valence-corrected chi connectivity index (χ1v) is 10.3. The number of piperazine rings is 1. The van der Waals surface area contributed by atoms with Crippen molar-refractivity contribution < 1.29 is 14.3 Å². The first-order valence-electron chi connectivity index (χ1n) is 9.91. The average Bonchev–Trinajstić information content (AvgIpc) is 2.77. The second-order valence-corrected chi connectivity index (χ2v) is 7.38. The van der Waals surface area contributed by atoms with E-state index in [2.05, 4.69) is 21.2 Å². The van der Waals surface area contributed by atoms with Crippen LogP contribution in [-0.2, 0) is 4.79 Å². The van der Waals surface area contributed by atoms with Crippen molar-refractivity contribution in [3.8, 4) is 11.5 Å². The van der Waals surface area contributed by atoms with Gasteiger partial charge in [-0.2, -0.15) is 0 Å². The van der Waals surface area contributed by atoms with Crippen LogP contribution in [-0.4, -0.2) is 63.8 Å². The lowest BCUT2D eigenvalue weighted by Gasteiger charge is -2.36. The number of anilines is 1. The number of para-hydroxylation sites is 2. The van der Waals surface area contributed by atoms with Gasteiger partial charge in [0, 0.05) is 37.7 Å². The third kappa shape index (κ3) is 6.54. The fourth-order valence-electron chi connectivity index (χ4n) is 3.36. The maximum absolute atomic E-state index is 11.9. The number of nitrogens with zero attached hydrogens (tertiary/aromatic N) is 2. The molecule has 0 aromatic heterocycles. The molecule has 0 atom stereocenters. The summed E-state index contributed by atoms with van der Waals surface area (Å²) in [6.45, 7) is 5.59. The molecule has 156 valence electrons. The molecular weight excluding hydrogens is 390 g/mol. The molecule has 1 fully saturated rings. The molecule has 1 aliphatic heterocycles. The standard InChI is InChI=1S/C22H28ClN3O3/c1-28-21-6-3-2-5-20(21)26-15-13-25(14-16-26)12-4-11-24-22(27)17-29-19-9-7-18(23)8-10-19/h2-3,5-10H,4,11-17H2,1H3,(H,24,27). The largest absolute Gasteiger partial charge is 0.495 e. The molecule has 29 heavy (non-hydrogen) atoms. The van der Waals surface area contributed by atoms with Gasteiger partial charge in [-0.25, -0.2) is 0 Å². The van der Waals surface area contributed by atoms with Gasteiger partial charge in [-0.3, -0.25) is 9.69 Å². The second kappa shape index (κ2) is 10.9.